The number of alkyl halides is 3. The molecule has 30 heavy (non-hydrogen) atoms. The van der Waals surface area contributed by atoms with Gasteiger partial charge < -0.3 is 9.84 Å². The van der Waals surface area contributed by atoms with Crippen LogP contribution in [-0.4, -0.2) is 23.5 Å². The van der Waals surface area contributed by atoms with Crippen molar-refractivity contribution < 1.29 is 32.6 Å². The Kier molecular flexibility index (Phi) is 6.03. The van der Waals surface area contributed by atoms with Crippen molar-refractivity contribution in [2.75, 3.05) is 6.61 Å². The first-order valence-corrected chi connectivity index (χ1v) is 8.94. The summed E-state index contributed by atoms with van der Waals surface area (Å²) in [6.45, 7) is -0.817. The molecule has 0 atom stereocenters. The van der Waals surface area contributed by atoms with Crippen molar-refractivity contribution in [1.82, 2.24) is 0 Å². The molecular weight excluding hydrogens is 397 g/mol. The van der Waals surface area contributed by atoms with Crippen LogP contribution in [0, 0.1) is 0 Å². The monoisotopic (exact) mass is 414 g/mol. The number of aliphatic hydroxyl groups is 1. The standard InChI is InChI=1S/C23H17F3O4/c24-23(25,26)19-13-7-8-16(14-19)20(27)15-30-21(28)22(29,17-9-3-1-4-10-17)18-11-5-2-6-12-18/h1-14,29H,15H2. The molecule has 0 saturated heterocycles. The van der Waals surface area contributed by atoms with Crippen LogP contribution in [0.15, 0.2) is 84.9 Å². The van der Waals surface area contributed by atoms with Gasteiger partial charge in [0.25, 0.3) is 0 Å². The number of halogens is 3. The van der Waals surface area contributed by atoms with E-state index >= 15 is 0 Å². The summed E-state index contributed by atoms with van der Waals surface area (Å²) in [4.78, 5) is 25.1. The maximum atomic E-state index is 12.8. The average molecular weight is 414 g/mol. The van der Waals surface area contributed by atoms with Crippen LogP contribution in [0.1, 0.15) is 27.0 Å². The number of rotatable bonds is 6. The third-order valence-electron chi connectivity index (χ3n) is 4.52. The molecule has 3 aromatic rings. The molecule has 4 nitrogen and oxygen atoms in total. The second-order valence-corrected chi connectivity index (χ2v) is 6.52. The first kappa shape index (κ1) is 21.3. The van der Waals surface area contributed by atoms with Gasteiger partial charge in [-0.25, -0.2) is 4.79 Å². The van der Waals surface area contributed by atoms with E-state index in [1.807, 2.05) is 0 Å². The SMILES string of the molecule is O=C(COC(=O)C(O)(c1ccccc1)c1ccccc1)c1cccc(C(F)(F)F)c1. The maximum Gasteiger partial charge on any atom is 0.416 e. The van der Waals surface area contributed by atoms with Crippen molar-refractivity contribution in [2.45, 2.75) is 11.8 Å². The second-order valence-electron chi connectivity index (χ2n) is 6.52. The number of carbonyl (C=O) groups excluding carboxylic acids is 2. The summed E-state index contributed by atoms with van der Waals surface area (Å²) in [6, 6.07) is 19.9. The van der Waals surface area contributed by atoms with Crippen LogP contribution < -0.4 is 0 Å². The molecule has 0 bridgehead atoms. The van der Waals surface area contributed by atoms with Crippen LogP contribution in [0.5, 0.6) is 0 Å². The summed E-state index contributed by atoms with van der Waals surface area (Å²) in [5, 5.41) is 11.2. The zero-order chi connectivity index (χ0) is 21.8. The topological polar surface area (TPSA) is 63.6 Å². The molecule has 0 heterocycles. The lowest BCUT2D eigenvalue weighted by Gasteiger charge is -2.27. The molecular formula is C23H17F3O4. The van der Waals surface area contributed by atoms with Crippen LogP contribution in [0.3, 0.4) is 0 Å². The highest BCUT2D eigenvalue weighted by Crippen LogP contribution is 2.32. The molecule has 154 valence electrons. The van der Waals surface area contributed by atoms with E-state index in [1.54, 1.807) is 36.4 Å². The Morgan fingerprint density at radius 2 is 1.27 bits per heavy atom. The third kappa shape index (κ3) is 4.41. The lowest BCUT2D eigenvalue weighted by Crippen LogP contribution is -2.39. The fourth-order valence-corrected chi connectivity index (χ4v) is 2.95. The maximum absolute atomic E-state index is 12.8. The van der Waals surface area contributed by atoms with Gasteiger partial charge in [-0.3, -0.25) is 4.79 Å². The van der Waals surface area contributed by atoms with Gasteiger partial charge in [0.05, 0.1) is 5.56 Å². The van der Waals surface area contributed by atoms with Crippen LogP contribution in [0.4, 0.5) is 13.2 Å². The normalized spacial score (nSPS) is 11.7. The molecule has 0 aromatic heterocycles. The van der Waals surface area contributed by atoms with Gasteiger partial charge >= 0.3 is 12.1 Å². The highest BCUT2D eigenvalue weighted by Gasteiger charge is 2.42. The predicted molar refractivity (Wildman–Crippen MR) is 103 cm³/mol. The zero-order valence-electron chi connectivity index (χ0n) is 15.6. The Morgan fingerprint density at radius 1 is 0.767 bits per heavy atom. The quantitative estimate of drug-likeness (QED) is 0.481. The molecule has 7 heteroatoms. The lowest BCUT2D eigenvalue weighted by molar-refractivity contribution is -0.161. The number of ether oxygens (including phenoxy) is 1. The number of hydrogen-bond donors (Lipinski definition) is 1. The molecule has 0 spiro atoms. The van der Waals surface area contributed by atoms with Crippen molar-refractivity contribution in [3.63, 3.8) is 0 Å². The van der Waals surface area contributed by atoms with Gasteiger partial charge in [-0.2, -0.15) is 13.2 Å². The van der Waals surface area contributed by atoms with Crippen LogP contribution in [-0.2, 0) is 21.3 Å². The smallest absolute Gasteiger partial charge is 0.416 e. The molecule has 1 N–H and O–H groups in total. The number of ketones is 1. The number of carbonyl (C=O) groups is 2. The molecule has 0 saturated carbocycles. The highest BCUT2D eigenvalue weighted by atomic mass is 19.4. The van der Waals surface area contributed by atoms with Crippen LogP contribution in [0.25, 0.3) is 0 Å². The average Bonchev–Trinajstić information content (AvgIpc) is 2.77. The Labute approximate surface area is 170 Å². The van der Waals surface area contributed by atoms with E-state index in [2.05, 4.69) is 0 Å². The lowest BCUT2D eigenvalue weighted by atomic mass is 9.86. The predicted octanol–water partition coefficient (Wildman–Crippen LogP) is 4.37. The van der Waals surface area contributed by atoms with E-state index in [4.69, 9.17) is 4.74 Å². The summed E-state index contributed by atoms with van der Waals surface area (Å²) in [6.07, 6.45) is -4.60. The van der Waals surface area contributed by atoms with Crippen molar-refractivity contribution in [1.29, 1.82) is 0 Å². The largest absolute Gasteiger partial charge is 0.455 e. The number of esters is 1. The van der Waals surface area contributed by atoms with E-state index in [-0.39, 0.29) is 16.7 Å². The first-order valence-electron chi connectivity index (χ1n) is 8.94. The summed E-state index contributed by atoms with van der Waals surface area (Å²) in [5.41, 5.74) is -2.96. The fourth-order valence-electron chi connectivity index (χ4n) is 2.95. The summed E-state index contributed by atoms with van der Waals surface area (Å²) in [7, 11) is 0. The van der Waals surface area contributed by atoms with Gasteiger partial charge in [-0.1, -0.05) is 72.8 Å². The molecule has 0 unspecified atom stereocenters. The van der Waals surface area contributed by atoms with Crippen LogP contribution in [0.2, 0.25) is 0 Å². The van der Waals surface area contributed by atoms with E-state index in [0.717, 1.165) is 12.1 Å². The summed E-state index contributed by atoms with van der Waals surface area (Å²) < 4.78 is 43.6. The number of benzene rings is 3. The van der Waals surface area contributed by atoms with Crippen molar-refractivity contribution in [3.8, 4) is 0 Å². The Bertz CT molecular complexity index is 992. The van der Waals surface area contributed by atoms with E-state index in [0.29, 0.717) is 6.07 Å². The molecule has 0 aliphatic carbocycles. The molecule has 0 aliphatic heterocycles. The van der Waals surface area contributed by atoms with Gasteiger partial charge in [0.15, 0.2) is 12.4 Å². The number of Topliss-reactive ketones (excluding diaryl/α,β-unsaturated/α-hetero) is 1. The van der Waals surface area contributed by atoms with Gasteiger partial charge in [0.2, 0.25) is 5.60 Å². The molecule has 0 amide bonds. The van der Waals surface area contributed by atoms with Crippen molar-refractivity contribution >= 4 is 11.8 Å². The minimum absolute atomic E-state index is 0.229. The summed E-state index contributed by atoms with van der Waals surface area (Å²) >= 11 is 0. The molecule has 3 rings (SSSR count). The van der Waals surface area contributed by atoms with Gasteiger partial charge in [0.1, 0.15) is 0 Å². The Balaban J connectivity index is 1.83. The van der Waals surface area contributed by atoms with Gasteiger partial charge in [-0.15, -0.1) is 0 Å². The molecule has 0 fully saturated rings. The zero-order valence-corrected chi connectivity index (χ0v) is 15.6. The third-order valence-corrected chi connectivity index (χ3v) is 4.52. The Hall–Kier alpha value is -3.45. The number of hydrogen-bond acceptors (Lipinski definition) is 4. The van der Waals surface area contributed by atoms with E-state index < -0.39 is 35.7 Å². The minimum Gasteiger partial charge on any atom is -0.455 e. The summed E-state index contributed by atoms with van der Waals surface area (Å²) in [5.74, 6) is -1.93. The fraction of sp³-hybridized carbons (Fsp3) is 0.130. The van der Waals surface area contributed by atoms with Crippen molar-refractivity contribution in [2.24, 2.45) is 0 Å². The minimum atomic E-state index is -4.60. The molecule has 0 aliphatic rings. The molecule has 3 aromatic carbocycles. The second kappa shape index (κ2) is 8.51. The van der Waals surface area contributed by atoms with Crippen molar-refractivity contribution in [3.05, 3.63) is 107 Å². The van der Waals surface area contributed by atoms with E-state index in [1.165, 1.54) is 30.3 Å². The van der Waals surface area contributed by atoms with Crippen LogP contribution >= 0.6 is 0 Å². The Morgan fingerprint density at radius 3 is 1.77 bits per heavy atom. The van der Waals surface area contributed by atoms with E-state index in [9.17, 15) is 27.9 Å². The highest BCUT2D eigenvalue weighted by molar-refractivity contribution is 5.98. The molecule has 0 radical (unpaired) electrons. The van der Waals surface area contributed by atoms with Gasteiger partial charge in [0, 0.05) is 5.56 Å². The van der Waals surface area contributed by atoms with Gasteiger partial charge in [-0.05, 0) is 23.3 Å². The first-order chi connectivity index (χ1) is 14.2.